The van der Waals surface area contributed by atoms with Crippen molar-refractivity contribution >= 4 is 23.2 Å². The second-order valence-corrected chi connectivity index (χ2v) is 8.25. The number of hydrogen-bond acceptors (Lipinski definition) is 6. The molecule has 8 heteroatoms. The molecule has 2 aromatic heterocycles. The van der Waals surface area contributed by atoms with Gasteiger partial charge in [0.1, 0.15) is 11.6 Å². The normalized spacial score (nSPS) is 18.6. The Morgan fingerprint density at radius 2 is 2.17 bits per heavy atom. The third kappa shape index (κ3) is 3.70. The van der Waals surface area contributed by atoms with Crippen LogP contribution in [0.5, 0.6) is 0 Å². The molecule has 2 aliphatic rings. The highest BCUT2D eigenvalue weighted by Crippen LogP contribution is 2.29. The van der Waals surface area contributed by atoms with Crippen molar-refractivity contribution in [1.82, 2.24) is 19.9 Å². The molecular weight excluding hydrogens is 380 g/mol. The van der Waals surface area contributed by atoms with Gasteiger partial charge >= 0.3 is 0 Å². The van der Waals surface area contributed by atoms with Crippen molar-refractivity contribution in [2.24, 2.45) is 5.92 Å². The molecule has 1 aromatic carbocycles. The lowest BCUT2D eigenvalue weighted by atomic mass is 10.0. The molecule has 0 radical (unpaired) electrons. The molecule has 0 spiro atoms. The van der Waals surface area contributed by atoms with Crippen LogP contribution in [-0.2, 0) is 4.74 Å². The zero-order valence-corrected chi connectivity index (χ0v) is 17.0. The topological polar surface area (TPSA) is 107 Å². The van der Waals surface area contributed by atoms with Gasteiger partial charge in [0.05, 0.1) is 12.8 Å². The van der Waals surface area contributed by atoms with Gasteiger partial charge in [-0.05, 0) is 43.4 Å². The smallest absolute Gasteiger partial charge is 0.251 e. The zero-order chi connectivity index (χ0) is 20.7. The fraction of sp³-hybridized carbons (Fsp3) is 0.409. The van der Waals surface area contributed by atoms with E-state index in [0.29, 0.717) is 29.0 Å². The van der Waals surface area contributed by atoms with E-state index in [4.69, 9.17) is 10.5 Å². The number of hydrogen-bond donors (Lipinski definition) is 3. The summed E-state index contributed by atoms with van der Waals surface area (Å²) in [5.74, 6) is 1.73. The lowest BCUT2D eigenvalue weighted by Crippen LogP contribution is -2.26. The first-order chi connectivity index (χ1) is 14.6. The van der Waals surface area contributed by atoms with Crippen LogP contribution in [0.2, 0.25) is 0 Å². The third-order valence-electron chi connectivity index (χ3n) is 5.78. The van der Waals surface area contributed by atoms with Crippen molar-refractivity contribution in [2.75, 3.05) is 30.8 Å². The molecule has 8 nitrogen and oxygen atoms in total. The number of aromatic nitrogens is 3. The summed E-state index contributed by atoms with van der Waals surface area (Å²) in [5.41, 5.74) is 10.2. The minimum atomic E-state index is -0.00818. The van der Waals surface area contributed by atoms with Gasteiger partial charge in [-0.15, -0.1) is 0 Å². The summed E-state index contributed by atoms with van der Waals surface area (Å²) in [6.07, 6.45) is 5.00. The lowest BCUT2D eigenvalue weighted by molar-refractivity contribution is 0.0950. The first kappa shape index (κ1) is 18.9. The molecule has 1 atom stereocenters. The predicted molar refractivity (Wildman–Crippen MR) is 115 cm³/mol. The van der Waals surface area contributed by atoms with E-state index in [1.54, 1.807) is 16.8 Å². The molecule has 1 saturated heterocycles. The van der Waals surface area contributed by atoms with Crippen LogP contribution in [0.3, 0.4) is 0 Å². The summed E-state index contributed by atoms with van der Waals surface area (Å²) in [5, 5.41) is 11.0. The van der Waals surface area contributed by atoms with Crippen LogP contribution >= 0.6 is 0 Å². The summed E-state index contributed by atoms with van der Waals surface area (Å²) in [6, 6.07) is 7.96. The van der Waals surface area contributed by atoms with Crippen molar-refractivity contribution in [1.29, 1.82) is 0 Å². The SMILES string of the molecule is Cc1cc(-c2cnn3c(NCC4CCOC4)cc(N)nc23)ccc1C(=O)NC1CC1. The Morgan fingerprint density at radius 3 is 2.90 bits per heavy atom. The van der Waals surface area contributed by atoms with Crippen LogP contribution in [0, 0.1) is 12.8 Å². The zero-order valence-electron chi connectivity index (χ0n) is 17.0. The Morgan fingerprint density at radius 1 is 1.30 bits per heavy atom. The van der Waals surface area contributed by atoms with Gasteiger partial charge in [-0.1, -0.05) is 12.1 Å². The number of benzene rings is 1. The molecule has 1 unspecified atom stereocenters. The van der Waals surface area contributed by atoms with Gasteiger partial charge < -0.3 is 21.1 Å². The van der Waals surface area contributed by atoms with Gasteiger partial charge in [-0.2, -0.15) is 9.61 Å². The van der Waals surface area contributed by atoms with Gasteiger partial charge in [0.2, 0.25) is 0 Å². The quantitative estimate of drug-likeness (QED) is 0.581. The number of rotatable bonds is 6. The Bertz CT molecular complexity index is 1100. The fourth-order valence-electron chi connectivity index (χ4n) is 3.88. The summed E-state index contributed by atoms with van der Waals surface area (Å²) in [6.45, 7) is 4.36. The molecule has 1 aliphatic heterocycles. The Kier molecular flexibility index (Phi) is 4.78. The molecule has 3 heterocycles. The number of nitrogen functional groups attached to an aromatic ring is 1. The number of ether oxygens (including phenoxy) is 1. The van der Waals surface area contributed by atoms with Gasteiger partial charge in [0.25, 0.3) is 5.91 Å². The molecule has 4 N–H and O–H groups in total. The monoisotopic (exact) mass is 406 g/mol. The van der Waals surface area contributed by atoms with E-state index in [1.807, 2.05) is 25.1 Å². The second kappa shape index (κ2) is 7.60. The molecule has 156 valence electrons. The highest BCUT2D eigenvalue weighted by molar-refractivity contribution is 5.97. The summed E-state index contributed by atoms with van der Waals surface area (Å²) in [7, 11) is 0. The lowest BCUT2D eigenvalue weighted by Gasteiger charge is -2.13. The number of nitrogens with zero attached hydrogens (tertiary/aromatic N) is 3. The molecule has 2 fully saturated rings. The fourth-order valence-corrected chi connectivity index (χ4v) is 3.88. The van der Waals surface area contributed by atoms with E-state index in [9.17, 15) is 4.79 Å². The highest BCUT2D eigenvalue weighted by atomic mass is 16.5. The number of amides is 1. The maximum Gasteiger partial charge on any atom is 0.251 e. The third-order valence-corrected chi connectivity index (χ3v) is 5.78. The molecule has 1 aliphatic carbocycles. The number of anilines is 2. The van der Waals surface area contributed by atoms with Gasteiger partial charge in [-0.25, -0.2) is 4.98 Å². The van der Waals surface area contributed by atoms with Crippen molar-refractivity contribution in [2.45, 2.75) is 32.2 Å². The Labute approximate surface area is 174 Å². The van der Waals surface area contributed by atoms with Gasteiger partial charge in [0, 0.05) is 42.3 Å². The molecule has 30 heavy (non-hydrogen) atoms. The van der Waals surface area contributed by atoms with Gasteiger partial charge in [0.15, 0.2) is 5.65 Å². The van der Waals surface area contributed by atoms with Gasteiger partial charge in [-0.3, -0.25) is 4.79 Å². The van der Waals surface area contributed by atoms with Crippen LogP contribution in [-0.4, -0.2) is 46.3 Å². The largest absolute Gasteiger partial charge is 0.384 e. The number of aryl methyl sites for hydroxylation is 1. The molecule has 1 saturated carbocycles. The van der Waals surface area contributed by atoms with Crippen LogP contribution < -0.4 is 16.4 Å². The van der Waals surface area contributed by atoms with Crippen molar-refractivity contribution < 1.29 is 9.53 Å². The van der Waals surface area contributed by atoms with E-state index < -0.39 is 0 Å². The average Bonchev–Trinajstić information content (AvgIpc) is 3.21. The molecule has 3 aromatic rings. The molecule has 5 rings (SSSR count). The summed E-state index contributed by atoms with van der Waals surface area (Å²) >= 11 is 0. The van der Waals surface area contributed by atoms with Crippen molar-refractivity contribution in [3.63, 3.8) is 0 Å². The number of nitrogens with two attached hydrogens (primary N) is 1. The van der Waals surface area contributed by atoms with Crippen LogP contribution in [0.4, 0.5) is 11.6 Å². The minimum Gasteiger partial charge on any atom is -0.384 e. The predicted octanol–water partition coefficient (Wildman–Crippen LogP) is 2.63. The van der Waals surface area contributed by atoms with Crippen LogP contribution in [0.15, 0.2) is 30.5 Å². The average molecular weight is 406 g/mol. The Balaban J connectivity index is 1.44. The van der Waals surface area contributed by atoms with E-state index in [0.717, 1.165) is 61.5 Å². The van der Waals surface area contributed by atoms with E-state index >= 15 is 0 Å². The maximum absolute atomic E-state index is 12.4. The summed E-state index contributed by atoms with van der Waals surface area (Å²) < 4.78 is 7.24. The summed E-state index contributed by atoms with van der Waals surface area (Å²) in [4.78, 5) is 16.9. The minimum absolute atomic E-state index is 0.00818. The number of carbonyl (C=O) groups is 1. The first-order valence-corrected chi connectivity index (χ1v) is 10.5. The molecule has 0 bridgehead atoms. The standard InChI is InChI=1S/C22H26N6O2/c1-13-8-15(2-5-17(13)22(29)26-16-3-4-16)18-11-25-28-20(9-19(23)27-21(18)28)24-10-14-6-7-30-12-14/h2,5,8-9,11,14,16,24H,3-4,6-7,10,12H2,1H3,(H2,23,27)(H,26,29). The Hall–Kier alpha value is -3.13. The van der Waals surface area contributed by atoms with Crippen molar-refractivity contribution in [3.05, 3.63) is 41.6 Å². The van der Waals surface area contributed by atoms with E-state index in [-0.39, 0.29) is 5.91 Å². The van der Waals surface area contributed by atoms with Crippen LogP contribution in [0.1, 0.15) is 35.2 Å². The second-order valence-electron chi connectivity index (χ2n) is 8.25. The van der Waals surface area contributed by atoms with E-state index in [1.165, 1.54) is 0 Å². The molecule has 1 amide bonds. The van der Waals surface area contributed by atoms with Crippen molar-refractivity contribution in [3.8, 4) is 11.1 Å². The number of fused-ring (bicyclic) bond motifs is 1. The highest BCUT2D eigenvalue weighted by Gasteiger charge is 2.24. The first-order valence-electron chi connectivity index (χ1n) is 10.5. The maximum atomic E-state index is 12.4. The van der Waals surface area contributed by atoms with E-state index in [2.05, 4.69) is 20.7 Å². The number of carbonyl (C=O) groups excluding carboxylic acids is 1. The molecular formula is C22H26N6O2. The van der Waals surface area contributed by atoms with Crippen LogP contribution in [0.25, 0.3) is 16.8 Å². The number of nitrogens with one attached hydrogen (secondary N) is 2.